The molecule has 50 heavy (non-hydrogen) atoms. The second-order valence-corrected chi connectivity index (χ2v) is 14.5. The van der Waals surface area contributed by atoms with E-state index >= 15 is 0 Å². The molecule has 2 heteroatoms. The lowest BCUT2D eigenvalue weighted by Gasteiger charge is -2.24. The normalized spacial score (nSPS) is 15.4. The number of pyridine rings is 2. The van der Waals surface area contributed by atoms with E-state index in [1.807, 2.05) is 12.3 Å². The summed E-state index contributed by atoms with van der Waals surface area (Å²) in [5.74, 6) is 0.154. The van der Waals surface area contributed by atoms with Gasteiger partial charge in [0.2, 0.25) is 0 Å². The standard InChI is InChI=1S/C48H32N2/c1-48(2)40-26-30(42-24-21-29-18-17-28-10-9-25-49-46(28)47(29)50-42)19-22-34(40)35-23-20-31(27-41(35)48)43-38-15-7-8-16-39(38)44-36-13-5-3-11-32(36)33-12-4-6-14-37(33)45(43)44/h3-27,43H,1-2H3. The molecule has 0 saturated carbocycles. The summed E-state index contributed by atoms with van der Waals surface area (Å²) in [7, 11) is 0. The van der Waals surface area contributed by atoms with Crippen molar-refractivity contribution in [2.24, 2.45) is 0 Å². The third-order valence-corrected chi connectivity index (χ3v) is 11.6. The molecular weight excluding hydrogens is 605 g/mol. The van der Waals surface area contributed by atoms with Crippen molar-refractivity contribution >= 4 is 43.4 Å². The first-order chi connectivity index (χ1) is 24.6. The molecule has 2 heterocycles. The molecule has 2 aromatic heterocycles. The summed E-state index contributed by atoms with van der Waals surface area (Å²) in [6, 6.07) is 53.9. The summed E-state index contributed by atoms with van der Waals surface area (Å²) in [5.41, 5.74) is 16.1. The molecular formula is C48H32N2. The van der Waals surface area contributed by atoms with Crippen molar-refractivity contribution in [2.75, 3.05) is 0 Å². The first kappa shape index (κ1) is 27.8. The average molecular weight is 637 g/mol. The molecule has 0 N–H and O–H groups in total. The molecule has 0 bridgehead atoms. The predicted octanol–water partition coefficient (Wildman–Crippen LogP) is 12.2. The molecule has 2 aliphatic rings. The maximum Gasteiger partial charge on any atom is 0.0972 e. The van der Waals surface area contributed by atoms with E-state index in [1.54, 1.807) is 0 Å². The van der Waals surface area contributed by atoms with E-state index in [2.05, 4.69) is 153 Å². The molecule has 234 valence electrons. The lowest BCUT2D eigenvalue weighted by molar-refractivity contribution is 0.659. The molecule has 9 aromatic rings. The van der Waals surface area contributed by atoms with Gasteiger partial charge < -0.3 is 0 Å². The van der Waals surface area contributed by atoms with E-state index < -0.39 is 0 Å². The zero-order valence-corrected chi connectivity index (χ0v) is 27.9. The first-order valence-electron chi connectivity index (χ1n) is 17.5. The van der Waals surface area contributed by atoms with Gasteiger partial charge in [0.1, 0.15) is 0 Å². The molecule has 0 fully saturated rings. The van der Waals surface area contributed by atoms with Crippen molar-refractivity contribution in [1.29, 1.82) is 0 Å². The Morgan fingerprint density at radius 1 is 0.520 bits per heavy atom. The van der Waals surface area contributed by atoms with E-state index in [-0.39, 0.29) is 11.3 Å². The highest BCUT2D eigenvalue weighted by Crippen LogP contribution is 2.56. The lowest BCUT2D eigenvalue weighted by atomic mass is 9.79. The minimum Gasteiger partial charge on any atom is -0.254 e. The molecule has 1 atom stereocenters. The summed E-state index contributed by atoms with van der Waals surface area (Å²) in [4.78, 5) is 9.88. The number of benzene rings is 7. The van der Waals surface area contributed by atoms with Gasteiger partial charge in [0.15, 0.2) is 0 Å². The topological polar surface area (TPSA) is 25.8 Å². The fourth-order valence-electron chi connectivity index (χ4n) is 9.22. The van der Waals surface area contributed by atoms with Crippen molar-refractivity contribution < 1.29 is 0 Å². The Balaban J connectivity index is 1.07. The number of fused-ring (bicyclic) bond motifs is 14. The quantitative estimate of drug-likeness (QED) is 0.176. The van der Waals surface area contributed by atoms with E-state index in [4.69, 9.17) is 9.97 Å². The fraction of sp³-hybridized carbons (Fsp3) is 0.0833. The molecule has 1 unspecified atom stereocenters. The van der Waals surface area contributed by atoms with Gasteiger partial charge >= 0.3 is 0 Å². The van der Waals surface area contributed by atoms with Gasteiger partial charge in [0, 0.05) is 33.9 Å². The Morgan fingerprint density at radius 2 is 1.18 bits per heavy atom. The lowest BCUT2D eigenvalue weighted by Crippen LogP contribution is -2.16. The summed E-state index contributed by atoms with van der Waals surface area (Å²) < 4.78 is 0. The van der Waals surface area contributed by atoms with Crippen LogP contribution >= 0.6 is 0 Å². The number of rotatable bonds is 2. The SMILES string of the molecule is CC1(C)c2cc(-c3ccc4ccc5cccnc5c4n3)ccc2-c2ccc(C3c4ccccc4-c4c3c3ccccc3c3ccccc43)cc21. The van der Waals surface area contributed by atoms with Crippen LogP contribution in [-0.2, 0) is 5.41 Å². The smallest absolute Gasteiger partial charge is 0.0972 e. The number of hydrogen-bond acceptors (Lipinski definition) is 2. The molecule has 11 rings (SSSR count). The van der Waals surface area contributed by atoms with Gasteiger partial charge in [-0.2, -0.15) is 0 Å². The summed E-state index contributed by atoms with van der Waals surface area (Å²) in [5, 5.41) is 7.55. The van der Waals surface area contributed by atoms with Gasteiger partial charge in [-0.1, -0.05) is 141 Å². The van der Waals surface area contributed by atoms with Gasteiger partial charge in [0.05, 0.1) is 16.7 Å². The maximum absolute atomic E-state index is 5.19. The van der Waals surface area contributed by atoms with Crippen LogP contribution in [-0.4, -0.2) is 9.97 Å². The van der Waals surface area contributed by atoms with Crippen molar-refractivity contribution in [1.82, 2.24) is 9.97 Å². The number of aromatic nitrogens is 2. The van der Waals surface area contributed by atoms with Crippen LogP contribution in [0.2, 0.25) is 0 Å². The monoisotopic (exact) mass is 636 g/mol. The summed E-state index contributed by atoms with van der Waals surface area (Å²) in [6.07, 6.45) is 1.85. The second kappa shape index (κ2) is 9.96. The van der Waals surface area contributed by atoms with Crippen LogP contribution in [0.3, 0.4) is 0 Å². The highest BCUT2D eigenvalue weighted by molar-refractivity contribution is 6.18. The minimum absolute atomic E-state index is 0.154. The van der Waals surface area contributed by atoms with Crippen LogP contribution in [0.15, 0.2) is 152 Å². The Bertz CT molecular complexity index is 2910. The molecule has 0 spiro atoms. The molecule has 0 radical (unpaired) electrons. The first-order valence-corrected chi connectivity index (χ1v) is 17.5. The minimum atomic E-state index is -0.172. The van der Waals surface area contributed by atoms with Crippen molar-refractivity contribution in [3.05, 3.63) is 180 Å². The third kappa shape index (κ3) is 3.68. The van der Waals surface area contributed by atoms with Crippen molar-refractivity contribution in [3.8, 4) is 33.5 Å². The van der Waals surface area contributed by atoms with E-state index in [0.29, 0.717) is 0 Å². The van der Waals surface area contributed by atoms with Crippen molar-refractivity contribution in [3.63, 3.8) is 0 Å². The maximum atomic E-state index is 5.19. The van der Waals surface area contributed by atoms with Crippen LogP contribution in [0, 0.1) is 0 Å². The summed E-state index contributed by atoms with van der Waals surface area (Å²) in [6.45, 7) is 4.77. The molecule has 0 aliphatic heterocycles. The molecule has 0 saturated heterocycles. The van der Waals surface area contributed by atoms with E-state index in [0.717, 1.165) is 33.1 Å². The molecule has 2 nitrogen and oxygen atoms in total. The highest BCUT2D eigenvalue weighted by atomic mass is 14.8. The molecule has 0 amide bonds. The number of hydrogen-bond donors (Lipinski definition) is 0. The van der Waals surface area contributed by atoms with Gasteiger partial charge in [-0.25, -0.2) is 4.98 Å². The molecule has 2 aliphatic carbocycles. The van der Waals surface area contributed by atoms with Crippen molar-refractivity contribution in [2.45, 2.75) is 25.2 Å². The average Bonchev–Trinajstić information content (AvgIpc) is 3.63. The predicted molar refractivity (Wildman–Crippen MR) is 208 cm³/mol. The zero-order valence-electron chi connectivity index (χ0n) is 27.9. The third-order valence-electron chi connectivity index (χ3n) is 11.6. The number of nitrogens with zero attached hydrogens (tertiary/aromatic N) is 2. The van der Waals surface area contributed by atoms with Crippen LogP contribution in [0.4, 0.5) is 0 Å². The molecule has 7 aromatic carbocycles. The Kier molecular flexibility index (Phi) is 5.54. The Morgan fingerprint density at radius 3 is 2.02 bits per heavy atom. The van der Waals surface area contributed by atoms with E-state index in [9.17, 15) is 0 Å². The van der Waals surface area contributed by atoms with Crippen LogP contribution in [0.5, 0.6) is 0 Å². The highest BCUT2D eigenvalue weighted by Gasteiger charge is 2.38. The van der Waals surface area contributed by atoms with Gasteiger partial charge in [-0.3, -0.25) is 4.98 Å². The van der Waals surface area contributed by atoms with Crippen LogP contribution in [0.1, 0.15) is 47.6 Å². The second-order valence-electron chi connectivity index (χ2n) is 14.5. The van der Waals surface area contributed by atoms with E-state index in [1.165, 1.54) is 71.6 Å². The van der Waals surface area contributed by atoms with Gasteiger partial charge in [-0.15, -0.1) is 0 Å². The fourth-order valence-corrected chi connectivity index (χ4v) is 9.22. The van der Waals surface area contributed by atoms with Crippen LogP contribution in [0.25, 0.3) is 76.9 Å². The zero-order chi connectivity index (χ0) is 33.1. The summed E-state index contributed by atoms with van der Waals surface area (Å²) >= 11 is 0. The van der Waals surface area contributed by atoms with Gasteiger partial charge in [0.25, 0.3) is 0 Å². The van der Waals surface area contributed by atoms with Gasteiger partial charge in [-0.05, 0) is 89.8 Å². The Hall–Kier alpha value is -6.12. The Labute approximate surface area is 290 Å². The largest absolute Gasteiger partial charge is 0.254 e. The van der Waals surface area contributed by atoms with Crippen LogP contribution < -0.4 is 0 Å².